The molecule has 0 heterocycles. The molecule has 3 heteroatoms. The molecule has 0 aromatic heterocycles. The van der Waals surface area contributed by atoms with Gasteiger partial charge in [0.15, 0.2) is 0 Å². The van der Waals surface area contributed by atoms with Gasteiger partial charge in [0.2, 0.25) is 5.91 Å². The summed E-state index contributed by atoms with van der Waals surface area (Å²) in [6.45, 7) is 9.11. The maximum Gasteiger partial charge on any atom is 0.221 e. The van der Waals surface area contributed by atoms with Crippen LogP contribution in [0.2, 0.25) is 0 Å². The molecule has 0 saturated carbocycles. The first kappa shape index (κ1) is 13.4. The highest BCUT2D eigenvalue weighted by Crippen LogP contribution is 1.95. The molecule has 0 aliphatic heterocycles. The van der Waals surface area contributed by atoms with E-state index in [-0.39, 0.29) is 5.91 Å². The molecule has 0 spiro atoms. The Morgan fingerprint density at radius 1 is 1.29 bits per heavy atom. The predicted octanol–water partition coefficient (Wildman–Crippen LogP) is 1.68. The lowest BCUT2D eigenvalue weighted by atomic mass is 10.2. The number of nitrogens with one attached hydrogen (secondary N) is 2. The predicted molar refractivity (Wildman–Crippen MR) is 60.3 cm³/mol. The summed E-state index contributed by atoms with van der Waals surface area (Å²) in [5.41, 5.74) is 0. The molecule has 0 aliphatic rings. The first-order chi connectivity index (χ1) is 6.56. The Bertz CT molecular complexity index is 157. The van der Waals surface area contributed by atoms with E-state index in [1.54, 1.807) is 0 Å². The number of amides is 1. The van der Waals surface area contributed by atoms with E-state index in [0.717, 1.165) is 19.4 Å². The van der Waals surface area contributed by atoms with E-state index in [2.05, 4.69) is 38.3 Å². The molecule has 0 rings (SSSR count). The lowest BCUT2D eigenvalue weighted by Gasteiger charge is -2.13. The topological polar surface area (TPSA) is 41.1 Å². The largest absolute Gasteiger partial charge is 0.354 e. The lowest BCUT2D eigenvalue weighted by Crippen LogP contribution is -2.35. The molecule has 84 valence electrons. The van der Waals surface area contributed by atoms with Gasteiger partial charge in [-0.25, -0.2) is 0 Å². The number of hydrogen-bond acceptors (Lipinski definition) is 2. The van der Waals surface area contributed by atoms with Gasteiger partial charge in [-0.05, 0) is 13.3 Å². The van der Waals surface area contributed by atoms with Crippen LogP contribution < -0.4 is 10.6 Å². The van der Waals surface area contributed by atoms with Crippen molar-refractivity contribution >= 4 is 5.91 Å². The van der Waals surface area contributed by atoms with Crippen LogP contribution in [0, 0.1) is 0 Å². The summed E-state index contributed by atoms with van der Waals surface area (Å²) in [6, 6.07) is 0.766. The van der Waals surface area contributed by atoms with Crippen LogP contribution in [0.25, 0.3) is 0 Å². The molecule has 0 fully saturated rings. The SMILES string of the molecule is CCCC(C)NC(=O)CCNC(C)C. The molecule has 0 aromatic carbocycles. The first-order valence-corrected chi connectivity index (χ1v) is 5.59. The van der Waals surface area contributed by atoms with Crippen LogP contribution in [0.4, 0.5) is 0 Å². The van der Waals surface area contributed by atoms with Crippen molar-refractivity contribution in [1.29, 1.82) is 0 Å². The zero-order valence-corrected chi connectivity index (χ0v) is 9.89. The fourth-order valence-corrected chi connectivity index (χ4v) is 1.33. The Morgan fingerprint density at radius 3 is 2.43 bits per heavy atom. The van der Waals surface area contributed by atoms with E-state index >= 15 is 0 Å². The fraction of sp³-hybridized carbons (Fsp3) is 0.909. The van der Waals surface area contributed by atoms with Crippen LogP contribution in [0.15, 0.2) is 0 Å². The average Bonchev–Trinajstić information content (AvgIpc) is 2.03. The second kappa shape index (κ2) is 7.80. The van der Waals surface area contributed by atoms with E-state index in [4.69, 9.17) is 0 Å². The summed E-state index contributed by atoms with van der Waals surface area (Å²) in [5, 5.41) is 6.20. The second-order valence-electron chi connectivity index (χ2n) is 4.12. The zero-order valence-electron chi connectivity index (χ0n) is 9.89. The van der Waals surface area contributed by atoms with Crippen LogP contribution in [0.1, 0.15) is 47.0 Å². The molecule has 1 amide bonds. The van der Waals surface area contributed by atoms with Crippen LogP contribution >= 0.6 is 0 Å². The van der Waals surface area contributed by atoms with Crippen LogP contribution in [-0.4, -0.2) is 24.5 Å². The first-order valence-electron chi connectivity index (χ1n) is 5.59. The molecular formula is C11H24N2O. The quantitative estimate of drug-likeness (QED) is 0.656. The van der Waals surface area contributed by atoms with Crippen LogP contribution in [0.3, 0.4) is 0 Å². The summed E-state index contributed by atoms with van der Waals surface area (Å²) >= 11 is 0. The van der Waals surface area contributed by atoms with Gasteiger partial charge in [-0.2, -0.15) is 0 Å². The minimum atomic E-state index is 0.152. The maximum atomic E-state index is 11.4. The molecule has 0 aliphatic carbocycles. The standard InChI is InChI=1S/C11H24N2O/c1-5-6-10(4)13-11(14)7-8-12-9(2)3/h9-10,12H,5-8H2,1-4H3,(H,13,14). The average molecular weight is 200 g/mol. The van der Waals surface area contributed by atoms with E-state index in [1.807, 2.05) is 0 Å². The maximum absolute atomic E-state index is 11.4. The molecular weight excluding hydrogens is 176 g/mol. The van der Waals surface area contributed by atoms with Gasteiger partial charge in [-0.1, -0.05) is 27.2 Å². The van der Waals surface area contributed by atoms with Gasteiger partial charge >= 0.3 is 0 Å². The molecule has 14 heavy (non-hydrogen) atoms. The van der Waals surface area contributed by atoms with Gasteiger partial charge in [0.25, 0.3) is 0 Å². The number of rotatable bonds is 7. The van der Waals surface area contributed by atoms with Gasteiger partial charge in [-0.15, -0.1) is 0 Å². The number of carbonyl (C=O) groups excluding carboxylic acids is 1. The van der Waals surface area contributed by atoms with Crippen molar-refractivity contribution in [2.24, 2.45) is 0 Å². The minimum absolute atomic E-state index is 0.152. The third kappa shape index (κ3) is 8.05. The van der Waals surface area contributed by atoms with Gasteiger partial charge in [0.1, 0.15) is 0 Å². The fourth-order valence-electron chi connectivity index (χ4n) is 1.33. The Labute approximate surface area is 87.6 Å². The smallest absolute Gasteiger partial charge is 0.221 e. The van der Waals surface area contributed by atoms with Crippen LogP contribution in [-0.2, 0) is 4.79 Å². The lowest BCUT2D eigenvalue weighted by molar-refractivity contribution is -0.121. The Kier molecular flexibility index (Phi) is 7.48. The Morgan fingerprint density at radius 2 is 1.93 bits per heavy atom. The summed E-state index contributed by atoms with van der Waals surface area (Å²) in [7, 11) is 0. The molecule has 2 N–H and O–H groups in total. The third-order valence-corrected chi connectivity index (χ3v) is 2.03. The molecule has 1 unspecified atom stereocenters. The monoisotopic (exact) mass is 200 g/mol. The van der Waals surface area contributed by atoms with Crippen molar-refractivity contribution in [1.82, 2.24) is 10.6 Å². The summed E-state index contributed by atoms with van der Waals surface area (Å²) in [6.07, 6.45) is 2.75. The molecule has 0 saturated heterocycles. The normalized spacial score (nSPS) is 12.9. The summed E-state index contributed by atoms with van der Waals surface area (Å²) < 4.78 is 0. The summed E-state index contributed by atoms with van der Waals surface area (Å²) in [5.74, 6) is 0.152. The Balaban J connectivity index is 3.45. The highest BCUT2D eigenvalue weighted by atomic mass is 16.1. The number of carbonyl (C=O) groups is 1. The molecule has 0 aromatic rings. The van der Waals surface area contributed by atoms with Crippen molar-refractivity contribution < 1.29 is 4.79 Å². The zero-order chi connectivity index (χ0) is 11.0. The van der Waals surface area contributed by atoms with Crippen molar-refractivity contribution in [3.63, 3.8) is 0 Å². The van der Waals surface area contributed by atoms with Gasteiger partial charge in [0.05, 0.1) is 0 Å². The van der Waals surface area contributed by atoms with Crippen molar-refractivity contribution in [2.75, 3.05) is 6.54 Å². The van der Waals surface area contributed by atoms with E-state index in [9.17, 15) is 4.79 Å². The Hall–Kier alpha value is -0.570. The highest BCUT2D eigenvalue weighted by Gasteiger charge is 2.05. The van der Waals surface area contributed by atoms with Gasteiger partial charge in [-0.3, -0.25) is 4.79 Å². The van der Waals surface area contributed by atoms with Crippen molar-refractivity contribution in [2.45, 2.75) is 59.0 Å². The molecule has 3 nitrogen and oxygen atoms in total. The van der Waals surface area contributed by atoms with E-state index in [1.165, 1.54) is 0 Å². The highest BCUT2D eigenvalue weighted by molar-refractivity contribution is 5.76. The second-order valence-corrected chi connectivity index (χ2v) is 4.12. The minimum Gasteiger partial charge on any atom is -0.354 e. The van der Waals surface area contributed by atoms with Gasteiger partial charge < -0.3 is 10.6 Å². The molecule has 1 atom stereocenters. The number of hydrogen-bond donors (Lipinski definition) is 2. The van der Waals surface area contributed by atoms with Crippen molar-refractivity contribution in [3.8, 4) is 0 Å². The molecule has 0 bridgehead atoms. The van der Waals surface area contributed by atoms with Crippen LogP contribution in [0.5, 0.6) is 0 Å². The third-order valence-electron chi connectivity index (χ3n) is 2.03. The molecule has 0 radical (unpaired) electrons. The van der Waals surface area contributed by atoms with E-state index < -0.39 is 0 Å². The summed E-state index contributed by atoms with van der Waals surface area (Å²) in [4.78, 5) is 11.4. The van der Waals surface area contributed by atoms with E-state index in [0.29, 0.717) is 18.5 Å². The van der Waals surface area contributed by atoms with Crippen molar-refractivity contribution in [3.05, 3.63) is 0 Å². The van der Waals surface area contributed by atoms with Gasteiger partial charge in [0, 0.05) is 25.0 Å².